The summed E-state index contributed by atoms with van der Waals surface area (Å²) in [5, 5.41) is 0.130. The first-order chi connectivity index (χ1) is 8.57. The SMILES string of the molecule is NC(=S)NNC(=O)C12CC3C[C@@H](CC[C@H](C3)C1)C2. The van der Waals surface area contributed by atoms with Crippen LogP contribution < -0.4 is 16.6 Å². The first kappa shape index (κ1) is 12.2. The second-order valence-electron chi connectivity index (χ2n) is 6.48. The van der Waals surface area contributed by atoms with Crippen LogP contribution in [0, 0.1) is 23.2 Å². The van der Waals surface area contributed by atoms with Crippen molar-refractivity contribution >= 4 is 23.2 Å². The average Bonchev–Trinajstić information content (AvgIpc) is 2.52. The van der Waals surface area contributed by atoms with Gasteiger partial charge in [0.1, 0.15) is 0 Å². The van der Waals surface area contributed by atoms with Gasteiger partial charge < -0.3 is 5.73 Å². The molecule has 4 fully saturated rings. The molecule has 0 aliphatic heterocycles. The molecule has 2 atom stereocenters. The molecular formula is C13H21N3OS. The molecule has 5 heteroatoms. The second-order valence-corrected chi connectivity index (χ2v) is 6.92. The number of carbonyl (C=O) groups excluding carboxylic acids is 1. The predicted molar refractivity (Wildman–Crippen MR) is 73.3 cm³/mol. The third-order valence-electron chi connectivity index (χ3n) is 5.14. The van der Waals surface area contributed by atoms with Crippen molar-refractivity contribution in [2.45, 2.75) is 44.9 Å². The predicted octanol–water partition coefficient (Wildman–Crippen LogP) is 1.46. The fraction of sp³-hybridized carbons (Fsp3) is 0.846. The van der Waals surface area contributed by atoms with Crippen LogP contribution in [0.2, 0.25) is 0 Å². The van der Waals surface area contributed by atoms with Gasteiger partial charge >= 0.3 is 0 Å². The number of carbonyl (C=O) groups is 1. The zero-order valence-corrected chi connectivity index (χ0v) is 11.4. The van der Waals surface area contributed by atoms with Gasteiger partial charge in [-0.3, -0.25) is 15.6 Å². The summed E-state index contributed by atoms with van der Waals surface area (Å²) in [6, 6.07) is 0. The minimum absolute atomic E-state index is 0.108. The number of hydrazine groups is 1. The molecule has 0 spiro atoms. The number of thiocarbonyl (C=S) groups is 1. The molecule has 4 bridgehead atoms. The molecule has 4 nitrogen and oxygen atoms in total. The molecule has 100 valence electrons. The van der Waals surface area contributed by atoms with Crippen LogP contribution in [0.5, 0.6) is 0 Å². The summed E-state index contributed by atoms with van der Waals surface area (Å²) >= 11 is 4.74. The second kappa shape index (κ2) is 4.37. The van der Waals surface area contributed by atoms with E-state index in [9.17, 15) is 4.79 Å². The van der Waals surface area contributed by atoms with Crippen molar-refractivity contribution in [3.63, 3.8) is 0 Å². The highest BCUT2D eigenvalue weighted by Crippen LogP contribution is 2.57. The third-order valence-corrected chi connectivity index (χ3v) is 5.24. The zero-order chi connectivity index (χ0) is 12.8. The highest BCUT2D eigenvalue weighted by atomic mass is 32.1. The molecule has 4 saturated carbocycles. The van der Waals surface area contributed by atoms with E-state index >= 15 is 0 Å². The maximum atomic E-state index is 12.5. The Morgan fingerprint density at radius 1 is 1.06 bits per heavy atom. The molecule has 0 unspecified atom stereocenters. The lowest BCUT2D eigenvalue weighted by atomic mass is 9.58. The van der Waals surface area contributed by atoms with E-state index in [1.54, 1.807) is 0 Å². The van der Waals surface area contributed by atoms with E-state index in [4.69, 9.17) is 18.0 Å². The normalized spacial score (nSPS) is 41.2. The first-order valence-electron chi connectivity index (χ1n) is 6.93. The Bertz CT molecular complexity index is 368. The number of hydrogen-bond acceptors (Lipinski definition) is 2. The van der Waals surface area contributed by atoms with Crippen LogP contribution in [-0.2, 0) is 4.79 Å². The standard InChI is InChI=1S/C13H21N3OS/c14-12(18)16-15-11(17)13-5-8-1-2-9(6-13)4-10(3-8)7-13/h8-10H,1-7H2,(H,15,17)(H3,14,16,18)/t8-,9-,10?,13?/m1/s1. The molecule has 18 heavy (non-hydrogen) atoms. The monoisotopic (exact) mass is 267 g/mol. The maximum absolute atomic E-state index is 12.5. The summed E-state index contributed by atoms with van der Waals surface area (Å²) in [5.41, 5.74) is 10.5. The van der Waals surface area contributed by atoms with Gasteiger partial charge in [0.25, 0.3) is 0 Å². The van der Waals surface area contributed by atoms with Crippen molar-refractivity contribution in [1.82, 2.24) is 10.9 Å². The van der Waals surface area contributed by atoms with Crippen LogP contribution >= 0.6 is 12.2 Å². The molecular weight excluding hydrogens is 246 g/mol. The minimum Gasteiger partial charge on any atom is -0.375 e. The number of rotatable bonds is 1. The molecule has 0 radical (unpaired) electrons. The van der Waals surface area contributed by atoms with Gasteiger partial charge in [0.05, 0.1) is 5.41 Å². The van der Waals surface area contributed by atoms with Gasteiger partial charge in [-0.05, 0) is 62.1 Å². The Balaban J connectivity index is 1.77. The highest BCUT2D eigenvalue weighted by Gasteiger charge is 2.52. The molecule has 0 aromatic heterocycles. The quantitative estimate of drug-likeness (QED) is 0.497. The maximum Gasteiger partial charge on any atom is 0.244 e. The van der Waals surface area contributed by atoms with Crippen LogP contribution in [0.1, 0.15) is 44.9 Å². The fourth-order valence-corrected chi connectivity index (χ4v) is 4.77. The third kappa shape index (κ3) is 2.09. The first-order valence-corrected chi connectivity index (χ1v) is 7.34. The van der Waals surface area contributed by atoms with Crippen molar-refractivity contribution in [2.24, 2.45) is 28.9 Å². The molecule has 0 saturated heterocycles. The largest absolute Gasteiger partial charge is 0.375 e. The number of amides is 1. The molecule has 1 amide bonds. The van der Waals surface area contributed by atoms with Gasteiger partial charge in [0.2, 0.25) is 5.91 Å². The van der Waals surface area contributed by atoms with Crippen molar-refractivity contribution in [3.05, 3.63) is 0 Å². The summed E-state index contributed by atoms with van der Waals surface area (Å²) in [6.45, 7) is 0. The Morgan fingerprint density at radius 3 is 2.17 bits per heavy atom. The van der Waals surface area contributed by atoms with Crippen LogP contribution in [0.25, 0.3) is 0 Å². The summed E-state index contributed by atoms with van der Waals surface area (Å²) in [6.07, 6.45) is 8.50. The Kier molecular flexibility index (Phi) is 2.96. The summed E-state index contributed by atoms with van der Waals surface area (Å²) in [4.78, 5) is 12.5. The van der Waals surface area contributed by atoms with Gasteiger partial charge in [-0.1, -0.05) is 12.8 Å². The van der Waals surface area contributed by atoms with E-state index in [1.807, 2.05) is 0 Å². The highest BCUT2D eigenvalue weighted by molar-refractivity contribution is 7.80. The van der Waals surface area contributed by atoms with E-state index in [2.05, 4.69) is 10.9 Å². The summed E-state index contributed by atoms with van der Waals surface area (Å²) in [5.74, 6) is 2.39. The number of nitrogens with one attached hydrogen (secondary N) is 2. The van der Waals surface area contributed by atoms with Gasteiger partial charge in [-0.2, -0.15) is 0 Å². The van der Waals surface area contributed by atoms with Crippen LogP contribution in [0.4, 0.5) is 0 Å². The topological polar surface area (TPSA) is 67.2 Å². The molecule has 4 aliphatic carbocycles. The lowest BCUT2D eigenvalue weighted by molar-refractivity contribution is -0.139. The van der Waals surface area contributed by atoms with Crippen LogP contribution in [-0.4, -0.2) is 11.0 Å². The number of nitrogens with two attached hydrogens (primary N) is 1. The van der Waals surface area contributed by atoms with Gasteiger partial charge in [-0.15, -0.1) is 0 Å². The zero-order valence-electron chi connectivity index (χ0n) is 10.6. The fourth-order valence-electron chi connectivity index (χ4n) is 4.72. The van der Waals surface area contributed by atoms with Crippen molar-refractivity contribution in [3.8, 4) is 0 Å². The minimum atomic E-state index is -0.148. The average molecular weight is 267 g/mol. The van der Waals surface area contributed by atoms with E-state index < -0.39 is 0 Å². The molecule has 4 rings (SSSR count). The Morgan fingerprint density at radius 2 is 1.61 bits per heavy atom. The van der Waals surface area contributed by atoms with Crippen LogP contribution in [0.15, 0.2) is 0 Å². The number of fused-ring (bicyclic) bond motifs is 1. The molecule has 0 aromatic rings. The summed E-state index contributed by atoms with van der Waals surface area (Å²) < 4.78 is 0. The van der Waals surface area contributed by atoms with Gasteiger partial charge in [-0.25, -0.2) is 0 Å². The molecule has 0 aromatic carbocycles. The van der Waals surface area contributed by atoms with Crippen LogP contribution in [0.3, 0.4) is 0 Å². The van der Waals surface area contributed by atoms with Gasteiger partial charge in [0, 0.05) is 0 Å². The molecule has 4 aliphatic rings. The Hall–Kier alpha value is -0.840. The van der Waals surface area contributed by atoms with Crippen molar-refractivity contribution < 1.29 is 4.79 Å². The van der Waals surface area contributed by atoms with E-state index in [-0.39, 0.29) is 16.4 Å². The smallest absolute Gasteiger partial charge is 0.244 e. The molecule has 4 N–H and O–H groups in total. The summed E-state index contributed by atoms with van der Waals surface area (Å²) in [7, 11) is 0. The molecule has 0 heterocycles. The van der Waals surface area contributed by atoms with Gasteiger partial charge in [0.15, 0.2) is 5.11 Å². The lowest BCUT2D eigenvalue weighted by Crippen LogP contribution is -2.54. The lowest BCUT2D eigenvalue weighted by Gasteiger charge is -2.46. The van der Waals surface area contributed by atoms with E-state index in [0.29, 0.717) is 0 Å². The number of hydrogen-bond donors (Lipinski definition) is 3. The van der Waals surface area contributed by atoms with E-state index in [0.717, 1.165) is 37.0 Å². The van der Waals surface area contributed by atoms with E-state index in [1.165, 1.54) is 25.7 Å². The van der Waals surface area contributed by atoms with Crippen molar-refractivity contribution in [1.29, 1.82) is 0 Å². The van der Waals surface area contributed by atoms with Crippen molar-refractivity contribution in [2.75, 3.05) is 0 Å². The Labute approximate surface area is 113 Å².